The summed E-state index contributed by atoms with van der Waals surface area (Å²) in [4.78, 5) is 13.2. The highest BCUT2D eigenvalue weighted by Gasteiger charge is 2.44. The fourth-order valence-electron chi connectivity index (χ4n) is 11.2. The Kier molecular flexibility index (Phi) is 53.1. The lowest BCUT2D eigenvalue weighted by molar-refractivity contribution is -0.303. The van der Waals surface area contributed by atoms with Gasteiger partial charge in [0.25, 0.3) is 0 Å². The Labute approximate surface area is 474 Å². The third-order valence-corrected chi connectivity index (χ3v) is 16.6. The maximum absolute atomic E-state index is 13.2. The van der Waals surface area contributed by atoms with Crippen LogP contribution in [0, 0.1) is 0 Å². The second kappa shape index (κ2) is 55.4. The number of amides is 1. The zero-order valence-electron chi connectivity index (χ0n) is 50.5. The van der Waals surface area contributed by atoms with Gasteiger partial charge in [0.1, 0.15) is 36.6 Å². The van der Waals surface area contributed by atoms with Crippen molar-refractivity contribution in [2.45, 2.75) is 390 Å². The average molecular weight is 1100 g/mol. The van der Waals surface area contributed by atoms with Crippen LogP contribution < -0.4 is 5.32 Å². The number of allylic oxidation sites excluding steroid dienone is 2. The van der Waals surface area contributed by atoms with Crippen LogP contribution >= 0.6 is 0 Å². The van der Waals surface area contributed by atoms with Gasteiger partial charge in [0, 0.05) is 0 Å². The predicted molar refractivity (Wildman–Crippen MR) is 321 cm³/mol. The maximum Gasteiger partial charge on any atom is 0.249 e. The summed E-state index contributed by atoms with van der Waals surface area (Å²) in [5.74, 6) is -0.698. The lowest BCUT2D eigenvalue weighted by atomic mass is 9.98. The van der Waals surface area contributed by atoms with Crippen LogP contribution in [0.4, 0.5) is 0 Å². The first-order chi connectivity index (χ1) is 37.7. The number of ether oxygens (including phenoxy) is 2. The van der Waals surface area contributed by atoms with Gasteiger partial charge in [0.15, 0.2) is 6.29 Å². The van der Waals surface area contributed by atoms with Crippen molar-refractivity contribution in [2.75, 3.05) is 13.2 Å². The lowest BCUT2D eigenvalue weighted by Crippen LogP contribution is -2.60. The molecule has 0 saturated carbocycles. The van der Waals surface area contributed by atoms with Crippen LogP contribution in [0.3, 0.4) is 0 Å². The molecule has 9 unspecified atom stereocenters. The minimum Gasteiger partial charge on any atom is -0.394 e. The van der Waals surface area contributed by atoms with E-state index in [1.165, 1.54) is 257 Å². The number of aliphatic hydroxyl groups excluding tert-OH is 7. The topological polar surface area (TPSA) is 189 Å². The standard InChI is InChI=1S/C66H129NO10/c1-3-5-7-9-11-13-15-17-19-21-23-25-27-28-29-30-32-34-36-38-40-42-44-46-48-50-52-54-59(70)65(75)67-57(56-76-66-64(74)63(73)62(72)60(55-68)77-66)61(71)58(69)53-51-49-47-45-43-41-39-37-35-33-31-26-24-22-20-18-16-14-12-10-8-6-4-2/h45,47,57-64,66,68-74H,3-44,46,48-56H2,1-2H3,(H,67,75)/b47-45+. The normalized spacial score (nSPS) is 19.5. The van der Waals surface area contributed by atoms with E-state index in [4.69, 9.17) is 9.47 Å². The van der Waals surface area contributed by atoms with E-state index in [1.807, 2.05) is 0 Å². The summed E-state index contributed by atoms with van der Waals surface area (Å²) in [7, 11) is 0. The van der Waals surface area contributed by atoms with E-state index in [2.05, 4.69) is 31.3 Å². The number of rotatable bonds is 59. The predicted octanol–water partition coefficient (Wildman–Crippen LogP) is 15.5. The van der Waals surface area contributed by atoms with Crippen LogP contribution in [-0.4, -0.2) is 110 Å². The monoisotopic (exact) mass is 1100 g/mol. The van der Waals surface area contributed by atoms with E-state index in [-0.39, 0.29) is 12.8 Å². The van der Waals surface area contributed by atoms with Gasteiger partial charge in [0.2, 0.25) is 5.91 Å². The van der Waals surface area contributed by atoms with Crippen LogP contribution in [0.25, 0.3) is 0 Å². The molecule has 0 aliphatic carbocycles. The Morgan fingerprint density at radius 3 is 1.12 bits per heavy atom. The van der Waals surface area contributed by atoms with E-state index in [9.17, 15) is 40.5 Å². The van der Waals surface area contributed by atoms with E-state index in [1.54, 1.807) is 0 Å². The van der Waals surface area contributed by atoms with Gasteiger partial charge in [-0.05, 0) is 38.5 Å². The molecule has 0 spiro atoms. The van der Waals surface area contributed by atoms with Gasteiger partial charge in [-0.2, -0.15) is 0 Å². The quantitative estimate of drug-likeness (QED) is 0.0215. The molecule has 1 aliphatic rings. The van der Waals surface area contributed by atoms with Crippen LogP contribution in [0.5, 0.6) is 0 Å². The molecule has 0 aromatic heterocycles. The van der Waals surface area contributed by atoms with Gasteiger partial charge >= 0.3 is 0 Å². The molecule has 1 fully saturated rings. The van der Waals surface area contributed by atoms with Crippen molar-refractivity contribution in [1.29, 1.82) is 0 Å². The first-order valence-corrected chi connectivity index (χ1v) is 33.6. The molecule has 9 atom stereocenters. The number of hydrogen-bond donors (Lipinski definition) is 8. The largest absolute Gasteiger partial charge is 0.394 e. The van der Waals surface area contributed by atoms with Crippen molar-refractivity contribution < 1.29 is 50.0 Å². The van der Waals surface area contributed by atoms with Gasteiger partial charge in [-0.15, -0.1) is 0 Å². The molecule has 0 aromatic rings. The Hall–Kier alpha value is -1.15. The van der Waals surface area contributed by atoms with Crippen molar-refractivity contribution in [2.24, 2.45) is 0 Å². The number of hydrogen-bond acceptors (Lipinski definition) is 10. The smallest absolute Gasteiger partial charge is 0.249 e. The van der Waals surface area contributed by atoms with Crippen molar-refractivity contribution >= 4 is 5.91 Å². The summed E-state index contributed by atoms with van der Waals surface area (Å²) in [5.41, 5.74) is 0. The van der Waals surface area contributed by atoms with Crippen molar-refractivity contribution in [3.8, 4) is 0 Å². The summed E-state index contributed by atoms with van der Waals surface area (Å²) in [6, 6.07) is -1.18. The third-order valence-electron chi connectivity index (χ3n) is 16.6. The molecule has 77 heavy (non-hydrogen) atoms. The highest BCUT2D eigenvalue weighted by atomic mass is 16.7. The Bertz CT molecular complexity index is 1260. The molecule has 458 valence electrons. The molecule has 1 saturated heterocycles. The second-order valence-corrected chi connectivity index (χ2v) is 23.9. The summed E-state index contributed by atoms with van der Waals surface area (Å²) in [6.07, 6.45) is 55.8. The fraction of sp³-hybridized carbons (Fsp3) is 0.955. The molecule has 11 heteroatoms. The van der Waals surface area contributed by atoms with E-state index in [0.717, 1.165) is 38.5 Å². The van der Waals surface area contributed by atoms with E-state index < -0.39 is 74.2 Å². The van der Waals surface area contributed by atoms with Crippen molar-refractivity contribution in [3.63, 3.8) is 0 Å². The summed E-state index contributed by atoms with van der Waals surface area (Å²) in [6.45, 7) is 3.50. The first-order valence-electron chi connectivity index (χ1n) is 33.6. The average Bonchev–Trinajstić information content (AvgIpc) is 3.43. The Morgan fingerprint density at radius 2 is 0.766 bits per heavy atom. The van der Waals surface area contributed by atoms with Gasteiger partial charge in [0.05, 0.1) is 25.4 Å². The minimum absolute atomic E-state index is 0.260. The number of aliphatic hydroxyl groups is 7. The summed E-state index contributed by atoms with van der Waals surface area (Å²) in [5, 5.41) is 76.4. The number of unbranched alkanes of at least 4 members (excludes halogenated alkanes) is 45. The molecule has 0 aromatic carbocycles. The molecule has 8 N–H and O–H groups in total. The fourth-order valence-corrected chi connectivity index (χ4v) is 11.2. The number of carbonyl (C=O) groups is 1. The van der Waals surface area contributed by atoms with Gasteiger partial charge < -0.3 is 50.5 Å². The highest BCUT2D eigenvalue weighted by Crippen LogP contribution is 2.24. The molecule has 0 bridgehead atoms. The molecule has 11 nitrogen and oxygen atoms in total. The van der Waals surface area contributed by atoms with Crippen LogP contribution in [-0.2, 0) is 14.3 Å². The maximum atomic E-state index is 13.2. The van der Waals surface area contributed by atoms with E-state index >= 15 is 0 Å². The SMILES string of the molecule is CCCCCCCCCCCCCCCCCCCC/C=C/CCCC(O)C(O)C(COC1OC(CO)C(O)C(O)C1O)NC(=O)C(O)CCCCCCCCCCCCCCCCCCCCCCCCCCCCC. The molecule has 0 radical (unpaired) electrons. The molecular formula is C66H129NO10. The highest BCUT2D eigenvalue weighted by molar-refractivity contribution is 5.80. The third kappa shape index (κ3) is 43.2. The first kappa shape index (κ1) is 73.9. The zero-order valence-corrected chi connectivity index (χ0v) is 50.5. The number of carbonyl (C=O) groups excluding carboxylic acids is 1. The lowest BCUT2D eigenvalue weighted by Gasteiger charge is -2.40. The van der Waals surface area contributed by atoms with Crippen LogP contribution in [0.1, 0.15) is 335 Å². The van der Waals surface area contributed by atoms with Crippen LogP contribution in [0.2, 0.25) is 0 Å². The van der Waals surface area contributed by atoms with Gasteiger partial charge in [-0.1, -0.05) is 309 Å². The number of nitrogens with one attached hydrogen (secondary N) is 1. The Balaban J connectivity index is 2.23. The zero-order chi connectivity index (χ0) is 56.1. The second-order valence-electron chi connectivity index (χ2n) is 23.9. The molecule has 1 rings (SSSR count). The summed E-state index contributed by atoms with van der Waals surface area (Å²) >= 11 is 0. The van der Waals surface area contributed by atoms with Crippen LogP contribution in [0.15, 0.2) is 12.2 Å². The molecule has 1 amide bonds. The van der Waals surface area contributed by atoms with E-state index in [0.29, 0.717) is 12.8 Å². The van der Waals surface area contributed by atoms with Gasteiger partial charge in [-0.25, -0.2) is 0 Å². The molecular weight excluding hydrogens is 967 g/mol. The van der Waals surface area contributed by atoms with Crippen molar-refractivity contribution in [3.05, 3.63) is 12.2 Å². The van der Waals surface area contributed by atoms with Crippen molar-refractivity contribution in [1.82, 2.24) is 5.32 Å². The molecule has 1 heterocycles. The van der Waals surface area contributed by atoms with Gasteiger partial charge in [-0.3, -0.25) is 4.79 Å². The Morgan fingerprint density at radius 1 is 0.442 bits per heavy atom. The summed E-state index contributed by atoms with van der Waals surface area (Å²) < 4.78 is 11.2. The molecule has 1 aliphatic heterocycles. The minimum atomic E-state index is -1.67.